The van der Waals surface area contributed by atoms with Crippen molar-refractivity contribution in [2.24, 2.45) is 5.10 Å². The number of carbonyl (C=O) groups excluding carboxylic acids is 2. The summed E-state index contributed by atoms with van der Waals surface area (Å²) < 4.78 is 15.6. The normalized spacial score (nSPS) is 17.8. The number of carbonyl (C=O) groups is 3. The van der Waals surface area contributed by atoms with Gasteiger partial charge in [-0.1, -0.05) is 30.3 Å². The van der Waals surface area contributed by atoms with Crippen LogP contribution >= 0.6 is 0 Å². The zero-order chi connectivity index (χ0) is 29.8. The second-order valence-electron chi connectivity index (χ2n) is 8.93. The molecule has 0 aliphatic heterocycles. The molecular weight excluding hydrogens is 562 g/mol. The van der Waals surface area contributed by atoms with Crippen LogP contribution in [0.25, 0.3) is 11.1 Å². The maximum absolute atomic E-state index is 12.7. The van der Waals surface area contributed by atoms with E-state index in [2.05, 4.69) is 25.7 Å². The van der Waals surface area contributed by atoms with Crippen LogP contribution in [-0.4, -0.2) is 43.5 Å². The maximum atomic E-state index is 12.7. The monoisotopic (exact) mass is 583 g/mol. The highest BCUT2D eigenvalue weighted by Gasteiger charge is 2.28. The van der Waals surface area contributed by atoms with Crippen molar-refractivity contribution in [1.82, 2.24) is 5.43 Å². The van der Waals surface area contributed by atoms with Crippen molar-refractivity contribution >= 4 is 51.4 Å². The van der Waals surface area contributed by atoms with Crippen molar-refractivity contribution in [2.75, 3.05) is 10.9 Å². The van der Waals surface area contributed by atoms with E-state index >= 15 is 0 Å². The van der Waals surface area contributed by atoms with Gasteiger partial charge in [0.2, 0.25) is 11.1 Å². The molecule has 3 aliphatic carbocycles. The standard InChI is InChI=1S/C29H21N5O7S/c30-24-11-5-18-13-22(42(40)41-39)15-26(36)27(18)28(24)34-32-20-8-3-17(4-9-20)16-1-6-19(7-2-16)31-33-21-10-12-25(35)23(14-21)29(37)38/h1-15,30-32,34,39H,(H,37,38)/b30-24?,33-21-. The minimum Gasteiger partial charge on any atom is -0.478 e. The highest BCUT2D eigenvalue weighted by Crippen LogP contribution is 2.29. The number of hydrazine groups is 1. The van der Waals surface area contributed by atoms with Crippen LogP contribution in [0.2, 0.25) is 0 Å². The number of nitrogens with one attached hydrogen (secondary N) is 4. The van der Waals surface area contributed by atoms with Crippen molar-refractivity contribution in [2.45, 2.75) is 0 Å². The fraction of sp³-hybridized carbons (Fsp3) is 0. The Morgan fingerprint density at radius 1 is 0.833 bits per heavy atom. The first-order chi connectivity index (χ1) is 20.2. The molecule has 6 N–H and O–H groups in total. The third kappa shape index (κ3) is 5.97. The minimum atomic E-state index is -2.20. The Morgan fingerprint density at radius 2 is 1.50 bits per heavy atom. The van der Waals surface area contributed by atoms with Gasteiger partial charge in [-0.2, -0.15) is 5.10 Å². The molecule has 1 unspecified atom stereocenters. The Balaban J connectivity index is 1.24. The first-order valence-electron chi connectivity index (χ1n) is 12.2. The number of hydrazone groups is 1. The van der Waals surface area contributed by atoms with Crippen LogP contribution in [0.15, 0.2) is 123 Å². The molecule has 0 bridgehead atoms. The summed E-state index contributed by atoms with van der Waals surface area (Å²) in [5.41, 5.74) is 12.8. The fourth-order valence-electron chi connectivity index (χ4n) is 4.17. The Kier molecular flexibility index (Phi) is 7.97. The number of aliphatic carboxylic acids is 1. The summed E-state index contributed by atoms with van der Waals surface area (Å²) in [5, 5.41) is 30.2. The highest BCUT2D eigenvalue weighted by molar-refractivity contribution is 7.84. The molecule has 2 aromatic carbocycles. The number of fused-ring (bicyclic) bond motifs is 1. The second kappa shape index (κ2) is 11.9. The van der Waals surface area contributed by atoms with E-state index in [4.69, 9.17) is 15.8 Å². The van der Waals surface area contributed by atoms with Crippen molar-refractivity contribution in [3.05, 3.63) is 118 Å². The van der Waals surface area contributed by atoms with Gasteiger partial charge in [0.25, 0.3) is 0 Å². The van der Waals surface area contributed by atoms with E-state index in [0.29, 0.717) is 22.7 Å². The number of allylic oxidation sites excluding steroid dienone is 9. The van der Waals surface area contributed by atoms with Crippen LogP contribution in [0.5, 0.6) is 0 Å². The zero-order valence-corrected chi connectivity index (χ0v) is 22.3. The average molecular weight is 584 g/mol. The summed E-state index contributed by atoms with van der Waals surface area (Å²) in [6, 6.07) is 14.8. The van der Waals surface area contributed by atoms with E-state index in [0.717, 1.165) is 23.3 Å². The molecule has 0 aromatic heterocycles. The van der Waals surface area contributed by atoms with Crippen LogP contribution in [0.1, 0.15) is 0 Å². The first-order valence-corrected chi connectivity index (χ1v) is 13.3. The van der Waals surface area contributed by atoms with E-state index in [1.165, 1.54) is 24.3 Å². The Morgan fingerprint density at radius 3 is 2.14 bits per heavy atom. The summed E-state index contributed by atoms with van der Waals surface area (Å²) in [7, 11) is 0. The molecule has 0 fully saturated rings. The number of anilines is 2. The predicted molar refractivity (Wildman–Crippen MR) is 156 cm³/mol. The number of ketones is 2. The lowest BCUT2D eigenvalue weighted by Crippen LogP contribution is -2.31. The largest absolute Gasteiger partial charge is 0.478 e. The number of benzene rings is 2. The number of rotatable bonds is 9. The van der Waals surface area contributed by atoms with Crippen LogP contribution in [-0.2, 0) is 29.8 Å². The minimum absolute atomic E-state index is 0.00452. The van der Waals surface area contributed by atoms with Crippen LogP contribution < -0.4 is 16.3 Å². The van der Waals surface area contributed by atoms with Crippen molar-refractivity contribution in [3.63, 3.8) is 0 Å². The number of hydrogen-bond donors (Lipinski definition) is 6. The molecule has 13 heteroatoms. The summed E-state index contributed by atoms with van der Waals surface area (Å²) in [6.07, 6.45) is 9.36. The molecule has 0 spiro atoms. The van der Waals surface area contributed by atoms with Gasteiger partial charge < -0.3 is 10.5 Å². The highest BCUT2D eigenvalue weighted by atomic mass is 32.2. The quantitative estimate of drug-likeness (QED) is 0.110. The van der Waals surface area contributed by atoms with Crippen LogP contribution in [0.4, 0.5) is 11.4 Å². The number of hydrogen-bond acceptors (Lipinski definition) is 11. The van der Waals surface area contributed by atoms with Gasteiger partial charge in [0.1, 0.15) is 5.57 Å². The Hall–Kier alpha value is -5.50. The van der Waals surface area contributed by atoms with Crippen molar-refractivity contribution in [3.8, 4) is 11.1 Å². The van der Waals surface area contributed by atoms with Gasteiger partial charge in [-0.25, -0.2) is 14.3 Å². The van der Waals surface area contributed by atoms with Gasteiger partial charge in [0.15, 0.2) is 11.6 Å². The van der Waals surface area contributed by atoms with Gasteiger partial charge in [0, 0.05) is 6.08 Å². The lowest BCUT2D eigenvalue weighted by molar-refractivity contribution is -0.134. The molecule has 2 aromatic rings. The van der Waals surface area contributed by atoms with Crippen molar-refractivity contribution in [1.29, 1.82) is 5.41 Å². The topological polar surface area (TPSA) is 190 Å². The number of nitrogens with zero attached hydrogens (tertiary/aromatic N) is 1. The molecule has 0 heterocycles. The predicted octanol–water partition coefficient (Wildman–Crippen LogP) is 3.58. The van der Waals surface area contributed by atoms with E-state index in [9.17, 15) is 18.6 Å². The molecule has 1 atom stereocenters. The molecular formula is C29H21N5O7S. The van der Waals surface area contributed by atoms with Gasteiger partial charge in [-0.05, 0) is 71.3 Å². The smallest absolute Gasteiger partial charge is 0.339 e. The average Bonchev–Trinajstić information content (AvgIpc) is 3.00. The van der Waals surface area contributed by atoms with Crippen LogP contribution in [0, 0.1) is 5.41 Å². The summed E-state index contributed by atoms with van der Waals surface area (Å²) in [5.74, 6) is -2.38. The van der Waals surface area contributed by atoms with Gasteiger partial charge in [0.05, 0.1) is 39.0 Å². The second-order valence-corrected chi connectivity index (χ2v) is 10.0. The first kappa shape index (κ1) is 28.0. The Bertz CT molecular complexity index is 1760. The lowest BCUT2D eigenvalue weighted by Gasteiger charge is -2.22. The number of carboxylic acid groups (broad SMARTS) is 1. The molecule has 12 nitrogen and oxygen atoms in total. The summed E-state index contributed by atoms with van der Waals surface area (Å²) in [4.78, 5) is 35.5. The van der Waals surface area contributed by atoms with Crippen molar-refractivity contribution < 1.29 is 33.3 Å². The van der Waals surface area contributed by atoms with Gasteiger partial charge in [-0.15, -0.1) is 4.33 Å². The molecule has 3 aliphatic rings. The van der Waals surface area contributed by atoms with E-state index < -0.39 is 28.6 Å². The summed E-state index contributed by atoms with van der Waals surface area (Å²) in [6.45, 7) is 0. The molecule has 210 valence electrons. The third-order valence-corrected chi connectivity index (χ3v) is 7.01. The van der Waals surface area contributed by atoms with E-state index in [-0.39, 0.29) is 27.5 Å². The SMILES string of the molecule is N=C1C=CC2=CC(S(=O)OO)=CC(=O)C2=C1NNc1ccc(-c2ccc(N/N=C3/C=CC(=O)C(C(=O)O)=C3)cc2)cc1. The van der Waals surface area contributed by atoms with Crippen LogP contribution in [0.3, 0.4) is 0 Å². The van der Waals surface area contributed by atoms with E-state index in [1.54, 1.807) is 18.2 Å². The maximum Gasteiger partial charge on any atom is 0.339 e. The van der Waals surface area contributed by atoms with Gasteiger partial charge >= 0.3 is 5.97 Å². The molecule has 42 heavy (non-hydrogen) atoms. The number of carboxylic acids is 1. The summed E-state index contributed by atoms with van der Waals surface area (Å²) >= 11 is -2.20. The Labute approximate surface area is 240 Å². The molecule has 0 amide bonds. The lowest BCUT2D eigenvalue weighted by atomic mass is 9.89. The third-order valence-electron chi connectivity index (χ3n) is 6.26. The van der Waals surface area contributed by atoms with E-state index in [1.807, 2.05) is 36.4 Å². The van der Waals surface area contributed by atoms with Gasteiger partial charge in [-0.3, -0.25) is 25.8 Å². The molecule has 0 saturated heterocycles. The molecule has 0 radical (unpaired) electrons. The zero-order valence-electron chi connectivity index (χ0n) is 21.5. The molecule has 5 rings (SSSR count). The molecule has 0 saturated carbocycles. The fourth-order valence-corrected chi connectivity index (χ4v) is 4.68.